The molecule has 0 aliphatic heterocycles. The molecule has 2 aromatic rings. The van der Waals surface area contributed by atoms with Crippen molar-refractivity contribution < 1.29 is 32.2 Å². The molecule has 29 heavy (non-hydrogen) atoms. The smallest absolute Gasteiger partial charge is 0.422 e. The first-order valence-electron chi connectivity index (χ1n) is 8.57. The van der Waals surface area contributed by atoms with Crippen LogP contribution in [0.1, 0.15) is 12.0 Å². The van der Waals surface area contributed by atoms with Crippen molar-refractivity contribution in [2.45, 2.75) is 19.0 Å². The number of amides is 1. The quantitative estimate of drug-likeness (QED) is 0.675. The highest BCUT2D eigenvalue weighted by Gasteiger charge is 2.29. The number of benzene rings is 2. The average molecular weight is 408 g/mol. The van der Waals surface area contributed by atoms with Gasteiger partial charge in [-0.3, -0.25) is 4.79 Å². The molecule has 6 nitrogen and oxygen atoms in total. The molecule has 0 spiro atoms. The van der Waals surface area contributed by atoms with Crippen molar-refractivity contribution in [2.24, 2.45) is 0 Å². The number of carbonyl (C=O) groups excluding carboxylic acids is 1. The van der Waals surface area contributed by atoms with Gasteiger partial charge in [-0.2, -0.15) is 18.4 Å². The lowest BCUT2D eigenvalue weighted by Gasteiger charge is -2.13. The number of nitrogens with zero attached hydrogens (tertiary/aromatic N) is 1. The van der Waals surface area contributed by atoms with Gasteiger partial charge in [-0.15, -0.1) is 0 Å². The average Bonchev–Trinajstić information content (AvgIpc) is 2.69. The number of halogens is 3. The highest BCUT2D eigenvalue weighted by Crippen LogP contribution is 2.30. The lowest BCUT2D eigenvalue weighted by Crippen LogP contribution is -2.19. The second-order valence-electron chi connectivity index (χ2n) is 5.91. The van der Waals surface area contributed by atoms with Gasteiger partial charge in [-0.1, -0.05) is 6.07 Å². The van der Waals surface area contributed by atoms with E-state index in [0.717, 1.165) is 5.56 Å². The molecule has 0 aliphatic rings. The molecule has 2 rings (SSSR count). The number of anilines is 1. The van der Waals surface area contributed by atoms with E-state index in [2.05, 4.69) is 5.32 Å². The molecule has 0 bridgehead atoms. The summed E-state index contributed by atoms with van der Waals surface area (Å²) in [6, 6.07) is 13.0. The number of rotatable bonds is 9. The third-order valence-corrected chi connectivity index (χ3v) is 3.70. The van der Waals surface area contributed by atoms with Crippen LogP contribution in [-0.2, 0) is 11.2 Å². The Labute approximate surface area is 165 Å². The van der Waals surface area contributed by atoms with Crippen LogP contribution in [0.2, 0.25) is 0 Å². The molecule has 154 valence electrons. The van der Waals surface area contributed by atoms with E-state index >= 15 is 0 Å². The molecule has 0 saturated heterocycles. The van der Waals surface area contributed by atoms with Crippen LogP contribution in [0.3, 0.4) is 0 Å². The van der Waals surface area contributed by atoms with Gasteiger partial charge in [0.15, 0.2) is 24.7 Å². The highest BCUT2D eigenvalue weighted by molar-refractivity contribution is 5.90. The third-order valence-electron chi connectivity index (χ3n) is 3.70. The Kier molecular flexibility index (Phi) is 7.71. The van der Waals surface area contributed by atoms with Crippen molar-refractivity contribution in [1.82, 2.24) is 0 Å². The topological polar surface area (TPSA) is 80.6 Å². The van der Waals surface area contributed by atoms with Crippen LogP contribution < -0.4 is 19.5 Å². The molecule has 0 heterocycles. The van der Waals surface area contributed by atoms with Crippen molar-refractivity contribution >= 4 is 11.6 Å². The first-order valence-corrected chi connectivity index (χ1v) is 8.57. The van der Waals surface area contributed by atoms with Gasteiger partial charge in [0.1, 0.15) is 11.8 Å². The Morgan fingerprint density at radius 1 is 1.10 bits per heavy atom. The van der Waals surface area contributed by atoms with Gasteiger partial charge in [0, 0.05) is 12.1 Å². The van der Waals surface area contributed by atoms with Crippen LogP contribution in [0, 0.1) is 11.3 Å². The molecule has 2 aromatic carbocycles. The summed E-state index contributed by atoms with van der Waals surface area (Å²) in [5, 5.41) is 11.2. The number of alkyl halides is 3. The molecule has 0 aromatic heterocycles. The standard InChI is InChI=1S/C20H19F3N2O4/c1-27-18-12-14(2-8-17(18)29-13-20(21,22)23)3-9-19(26)25-15-4-6-16(7-5-15)28-11-10-24/h2,4-8,12H,3,9,11,13H2,1H3,(H,25,26). The molecular formula is C20H19F3N2O4. The number of hydrogen-bond donors (Lipinski definition) is 1. The first kappa shape index (κ1) is 21.9. The second kappa shape index (κ2) is 10.2. The highest BCUT2D eigenvalue weighted by atomic mass is 19.4. The Morgan fingerprint density at radius 2 is 1.83 bits per heavy atom. The van der Waals surface area contributed by atoms with Gasteiger partial charge in [-0.05, 0) is 48.4 Å². The predicted molar refractivity (Wildman–Crippen MR) is 99.0 cm³/mol. The van der Waals surface area contributed by atoms with E-state index in [9.17, 15) is 18.0 Å². The predicted octanol–water partition coefficient (Wildman–Crippen LogP) is 4.11. The van der Waals surface area contributed by atoms with Gasteiger partial charge in [-0.25, -0.2) is 0 Å². The summed E-state index contributed by atoms with van der Waals surface area (Å²) in [5.74, 6) is 0.438. The number of nitriles is 1. The summed E-state index contributed by atoms with van der Waals surface area (Å²) >= 11 is 0. The van der Waals surface area contributed by atoms with Crippen molar-refractivity contribution in [3.05, 3.63) is 48.0 Å². The van der Waals surface area contributed by atoms with Gasteiger partial charge in [0.05, 0.1) is 7.11 Å². The molecule has 0 radical (unpaired) electrons. The fourth-order valence-electron chi connectivity index (χ4n) is 2.38. The molecule has 1 amide bonds. The van der Waals surface area contributed by atoms with Crippen LogP contribution >= 0.6 is 0 Å². The molecule has 0 fully saturated rings. The maximum absolute atomic E-state index is 12.3. The van der Waals surface area contributed by atoms with Gasteiger partial charge < -0.3 is 19.5 Å². The van der Waals surface area contributed by atoms with E-state index in [1.807, 2.05) is 6.07 Å². The fourth-order valence-corrected chi connectivity index (χ4v) is 2.38. The molecule has 0 atom stereocenters. The molecule has 1 N–H and O–H groups in total. The summed E-state index contributed by atoms with van der Waals surface area (Å²) in [6.07, 6.45) is -3.91. The number of carbonyl (C=O) groups is 1. The number of methoxy groups -OCH3 is 1. The monoisotopic (exact) mass is 408 g/mol. The van der Waals surface area contributed by atoms with E-state index in [-0.39, 0.29) is 30.4 Å². The minimum Gasteiger partial charge on any atom is -0.493 e. The summed E-state index contributed by atoms with van der Waals surface area (Å²) in [7, 11) is 1.33. The van der Waals surface area contributed by atoms with Crippen LogP contribution in [0.5, 0.6) is 17.2 Å². The first-order chi connectivity index (χ1) is 13.8. The Balaban J connectivity index is 1.88. The minimum absolute atomic E-state index is 0.0169. The summed E-state index contributed by atoms with van der Waals surface area (Å²) in [5.41, 5.74) is 1.30. The van der Waals surface area contributed by atoms with Crippen molar-refractivity contribution in [3.63, 3.8) is 0 Å². The van der Waals surface area contributed by atoms with E-state index in [1.54, 1.807) is 36.4 Å². The van der Waals surface area contributed by atoms with Crippen LogP contribution in [0.4, 0.5) is 18.9 Å². The van der Waals surface area contributed by atoms with Gasteiger partial charge in [0.25, 0.3) is 0 Å². The number of ether oxygens (including phenoxy) is 3. The zero-order valence-corrected chi connectivity index (χ0v) is 15.6. The van der Waals surface area contributed by atoms with E-state index in [1.165, 1.54) is 13.2 Å². The van der Waals surface area contributed by atoms with Gasteiger partial charge in [0.2, 0.25) is 5.91 Å². The largest absolute Gasteiger partial charge is 0.493 e. The summed E-state index contributed by atoms with van der Waals surface area (Å²) in [4.78, 5) is 12.1. The molecular weight excluding hydrogens is 389 g/mol. The van der Waals surface area contributed by atoms with Gasteiger partial charge >= 0.3 is 6.18 Å². The fraction of sp³-hybridized carbons (Fsp3) is 0.300. The number of nitrogens with one attached hydrogen (secondary N) is 1. The third kappa shape index (κ3) is 7.62. The lowest BCUT2D eigenvalue weighted by molar-refractivity contribution is -0.153. The van der Waals surface area contributed by atoms with E-state index in [4.69, 9.17) is 19.5 Å². The second-order valence-corrected chi connectivity index (χ2v) is 5.91. The maximum atomic E-state index is 12.3. The van der Waals surface area contributed by atoms with E-state index < -0.39 is 12.8 Å². The van der Waals surface area contributed by atoms with Crippen molar-refractivity contribution in [3.8, 4) is 23.3 Å². The van der Waals surface area contributed by atoms with Crippen molar-refractivity contribution in [2.75, 3.05) is 25.6 Å². The molecule has 0 saturated carbocycles. The van der Waals surface area contributed by atoms with Crippen LogP contribution in [-0.4, -0.2) is 32.4 Å². The SMILES string of the molecule is COc1cc(CCC(=O)Nc2ccc(OCC#N)cc2)ccc1OCC(F)(F)F. The zero-order valence-electron chi connectivity index (χ0n) is 15.6. The Hall–Kier alpha value is -3.41. The molecule has 0 unspecified atom stereocenters. The van der Waals surface area contributed by atoms with Crippen molar-refractivity contribution in [1.29, 1.82) is 5.26 Å². The van der Waals surface area contributed by atoms with E-state index in [0.29, 0.717) is 17.9 Å². The Bertz CT molecular complexity index is 862. The zero-order chi connectivity index (χ0) is 21.3. The molecule has 9 heteroatoms. The summed E-state index contributed by atoms with van der Waals surface area (Å²) < 4.78 is 51.8. The molecule has 0 aliphatic carbocycles. The van der Waals surface area contributed by atoms with Crippen LogP contribution in [0.25, 0.3) is 0 Å². The number of aryl methyl sites for hydroxylation is 1. The Morgan fingerprint density at radius 3 is 2.45 bits per heavy atom. The lowest BCUT2D eigenvalue weighted by atomic mass is 10.1. The maximum Gasteiger partial charge on any atom is 0.422 e. The minimum atomic E-state index is -4.44. The van der Waals surface area contributed by atoms with Crippen LogP contribution in [0.15, 0.2) is 42.5 Å². The number of hydrogen-bond acceptors (Lipinski definition) is 5. The normalized spacial score (nSPS) is 10.7. The summed E-state index contributed by atoms with van der Waals surface area (Å²) in [6.45, 7) is -1.47.